The monoisotopic (exact) mass is 495 g/mol. The Morgan fingerprint density at radius 2 is 1.73 bits per heavy atom. The summed E-state index contributed by atoms with van der Waals surface area (Å²) in [5.41, 5.74) is 0.218. The van der Waals surface area contributed by atoms with Gasteiger partial charge in [0.1, 0.15) is 11.6 Å². The van der Waals surface area contributed by atoms with Crippen molar-refractivity contribution in [3.05, 3.63) is 53.3 Å². The van der Waals surface area contributed by atoms with E-state index in [1.165, 1.54) is 28.6 Å². The van der Waals surface area contributed by atoms with Gasteiger partial charge in [-0.15, -0.1) is 0 Å². The Balaban J connectivity index is 1.42. The van der Waals surface area contributed by atoms with Crippen molar-refractivity contribution in [2.45, 2.75) is 24.3 Å². The fourth-order valence-electron chi connectivity index (χ4n) is 4.08. The van der Waals surface area contributed by atoms with E-state index in [0.29, 0.717) is 25.4 Å². The number of hydrogen-bond donors (Lipinski definition) is 0. The summed E-state index contributed by atoms with van der Waals surface area (Å²) in [6, 6.07) is 9.25. The number of hydrogen-bond acceptors (Lipinski definition) is 6. The van der Waals surface area contributed by atoms with Gasteiger partial charge in [-0.25, -0.2) is 17.7 Å². The van der Waals surface area contributed by atoms with Gasteiger partial charge in [0.2, 0.25) is 15.9 Å². The van der Waals surface area contributed by atoms with Crippen LogP contribution in [-0.2, 0) is 19.6 Å². The molecule has 2 aromatic rings. The molecular formula is C22H23ClFN3O5S. The molecule has 33 heavy (non-hydrogen) atoms. The van der Waals surface area contributed by atoms with Gasteiger partial charge in [-0.1, -0.05) is 11.6 Å². The van der Waals surface area contributed by atoms with Gasteiger partial charge in [-0.2, -0.15) is 4.31 Å². The summed E-state index contributed by atoms with van der Waals surface area (Å²) in [6.45, 7) is 3.32. The Bertz CT molecular complexity index is 1170. The Labute approximate surface area is 196 Å². The lowest BCUT2D eigenvalue weighted by Gasteiger charge is -2.36. The van der Waals surface area contributed by atoms with Crippen molar-refractivity contribution in [3.63, 3.8) is 0 Å². The van der Waals surface area contributed by atoms with Crippen molar-refractivity contribution < 1.29 is 27.1 Å². The van der Waals surface area contributed by atoms with Crippen LogP contribution in [0.15, 0.2) is 47.4 Å². The minimum absolute atomic E-state index is 0.0283. The zero-order valence-electron chi connectivity index (χ0n) is 17.9. The summed E-state index contributed by atoms with van der Waals surface area (Å²) in [6.07, 6.45) is -0.0283. The zero-order chi connectivity index (χ0) is 23.8. The van der Waals surface area contributed by atoms with Crippen LogP contribution < -0.4 is 9.64 Å². The van der Waals surface area contributed by atoms with Gasteiger partial charge in [-0.05, 0) is 49.4 Å². The van der Waals surface area contributed by atoms with E-state index in [-0.39, 0.29) is 35.1 Å². The smallest absolute Gasteiger partial charge is 0.251 e. The fourth-order valence-corrected chi connectivity index (χ4v) is 5.67. The first-order valence-corrected chi connectivity index (χ1v) is 12.3. The van der Waals surface area contributed by atoms with Crippen LogP contribution in [0.5, 0.6) is 5.75 Å². The van der Waals surface area contributed by atoms with E-state index in [4.69, 9.17) is 16.3 Å². The molecule has 0 radical (unpaired) electrons. The molecule has 2 aliphatic rings. The fraction of sp³-hybridized carbons (Fsp3) is 0.364. The van der Waals surface area contributed by atoms with Gasteiger partial charge in [0.05, 0.1) is 34.7 Å². The molecule has 176 valence electrons. The Morgan fingerprint density at radius 1 is 1.06 bits per heavy atom. The van der Waals surface area contributed by atoms with Crippen molar-refractivity contribution in [2.24, 2.45) is 0 Å². The summed E-state index contributed by atoms with van der Waals surface area (Å²) in [7, 11) is -3.69. The van der Waals surface area contributed by atoms with Crippen molar-refractivity contribution in [1.29, 1.82) is 0 Å². The van der Waals surface area contributed by atoms with Gasteiger partial charge in [0, 0.05) is 26.2 Å². The van der Waals surface area contributed by atoms with E-state index in [0.717, 1.165) is 11.0 Å². The average molecular weight is 496 g/mol. The van der Waals surface area contributed by atoms with E-state index in [9.17, 15) is 22.4 Å². The maximum absolute atomic E-state index is 13.5. The summed E-state index contributed by atoms with van der Waals surface area (Å²) >= 11 is 5.80. The number of sulfonamides is 1. The second-order valence-corrected chi connectivity index (χ2v) is 10.1. The van der Waals surface area contributed by atoms with E-state index >= 15 is 0 Å². The van der Waals surface area contributed by atoms with E-state index in [2.05, 4.69) is 0 Å². The lowest BCUT2D eigenvalue weighted by molar-refractivity contribution is -0.123. The van der Waals surface area contributed by atoms with E-state index < -0.39 is 33.7 Å². The number of nitrogens with zero attached hydrogens (tertiary/aromatic N) is 3. The number of piperazine rings is 1. The average Bonchev–Trinajstić information content (AvgIpc) is 3.10. The zero-order valence-corrected chi connectivity index (χ0v) is 19.5. The molecule has 2 saturated heterocycles. The Morgan fingerprint density at radius 3 is 2.33 bits per heavy atom. The molecule has 11 heteroatoms. The molecule has 1 atom stereocenters. The van der Waals surface area contributed by atoms with Gasteiger partial charge in [-0.3, -0.25) is 14.5 Å². The highest BCUT2D eigenvalue weighted by atomic mass is 35.5. The van der Waals surface area contributed by atoms with Gasteiger partial charge in [0.25, 0.3) is 5.91 Å². The number of carbonyl (C=O) groups is 2. The topological polar surface area (TPSA) is 87.2 Å². The molecule has 4 rings (SSSR count). The second kappa shape index (κ2) is 9.38. The minimum Gasteiger partial charge on any atom is -0.494 e. The predicted molar refractivity (Wildman–Crippen MR) is 120 cm³/mol. The largest absolute Gasteiger partial charge is 0.494 e. The van der Waals surface area contributed by atoms with Crippen molar-refractivity contribution in [3.8, 4) is 5.75 Å². The molecular weight excluding hydrogens is 473 g/mol. The maximum Gasteiger partial charge on any atom is 0.251 e. The molecule has 0 aromatic heterocycles. The van der Waals surface area contributed by atoms with Crippen LogP contribution in [-0.4, -0.2) is 68.3 Å². The van der Waals surface area contributed by atoms with Gasteiger partial charge < -0.3 is 4.74 Å². The molecule has 2 fully saturated rings. The lowest BCUT2D eigenvalue weighted by Crippen LogP contribution is -2.53. The molecule has 0 saturated carbocycles. The normalized spacial score (nSPS) is 20.5. The molecule has 2 amide bonds. The SMILES string of the molecule is CCOc1ccc(S(=O)(=O)N2CCN(C3CC(=O)N(c4ccc(F)c(Cl)c4)C3=O)CC2)cc1. The number of halogens is 2. The highest BCUT2D eigenvalue weighted by Crippen LogP contribution is 2.30. The van der Waals surface area contributed by atoms with E-state index in [1.54, 1.807) is 12.1 Å². The van der Waals surface area contributed by atoms with Crippen LogP contribution >= 0.6 is 11.6 Å². The third-order valence-corrected chi connectivity index (χ3v) is 7.97. The number of benzene rings is 2. The van der Waals surface area contributed by atoms with Crippen LogP contribution in [0, 0.1) is 5.82 Å². The molecule has 0 bridgehead atoms. The quantitative estimate of drug-likeness (QED) is 0.572. The summed E-state index contributed by atoms with van der Waals surface area (Å²) in [5.74, 6) is -0.874. The predicted octanol–water partition coefficient (Wildman–Crippen LogP) is 2.52. The van der Waals surface area contributed by atoms with Crippen LogP contribution in [0.3, 0.4) is 0 Å². The lowest BCUT2D eigenvalue weighted by atomic mass is 10.2. The molecule has 2 aromatic carbocycles. The van der Waals surface area contributed by atoms with Crippen molar-refractivity contribution in [1.82, 2.24) is 9.21 Å². The summed E-state index contributed by atoms with van der Waals surface area (Å²) in [5, 5.41) is -0.176. The number of amides is 2. The van der Waals surface area contributed by atoms with Crippen molar-refractivity contribution >= 4 is 39.1 Å². The summed E-state index contributed by atoms with van der Waals surface area (Å²) in [4.78, 5) is 28.5. The van der Waals surface area contributed by atoms with Gasteiger partial charge >= 0.3 is 0 Å². The molecule has 2 heterocycles. The third-order valence-electron chi connectivity index (χ3n) is 5.77. The second-order valence-electron chi connectivity index (χ2n) is 7.73. The third kappa shape index (κ3) is 4.61. The number of imide groups is 1. The van der Waals surface area contributed by atoms with Crippen molar-refractivity contribution in [2.75, 3.05) is 37.7 Å². The molecule has 0 aliphatic carbocycles. The first kappa shape index (κ1) is 23.6. The number of rotatable bonds is 6. The molecule has 1 unspecified atom stereocenters. The number of ether oxygens (including phenoxy) is 1. The highest BCUT2D eigenvalue weighted by Gasteiger charge is 2.44. The van der Waals surface area contributed by atoms with E-state index in [1.807, 2.05) is 11.8 Å². The first-order chi connectivity index (χ1) is 15.7. The Kier molecular flexibility index (Phi) is 6.71. The standard InChI is InChI=1S/C22H23ClFN3O5S/c1-2-32-16-4-6-17(7-5-16)33(30,31)26-11-9-25(10-12-26)20-14-21(28)27(22(20)29)15-3-8-19(24)18(23)13-15/h3-8,13,20H,2,9-12,14H2,1H3. The minimum atomic E-state index is -3.69. The summed E-state index contributed by atoms with van der Waals surface area (Å²) < 4.78 is 46.2. The number of anilines is 1. The number of carbonyl (C=O) groups excluding carboxylic acids is 2. The first-order valence-electron chi connectivity index (χ1n) is 10.5. The van der Waals surface area contributed by atoms with Crippen LogP contribution in [0.2, 0.25) is 5.02 Å². The van der Waals surface area contributed by atoms with Crippen LogP contribution in [0.1, 0.15) is 13.3 Å². The Hall–Kier alpha value is -2.53. The molecule has 0 spiro atoms. The van der Waals surface area contributed by atoms with Crippen LogP contribution in [0.4, 0.5) is 10.1 Å². The van der Waals surface area contributed by atoms with Crippen LogP contribution in [0.25, 0.3) is 0 Å². The molecule has 8 nitrogen and oxygen atoms in total. The maximum atomic E-state index is 13.5. The highest BCUT2D eigenvalue weighted by molar-refractivity contribution is 7.89. The molecule has 2 aliphatic heterocycles. The molecule has 0 N–H and O–H groups in total. The van der Waals surface area contributed by atoms with Gasteiger partial charge in [0.15, 0.2) is 0 Å².